The van der Waals surface area contributed by atoms with Gasteiger partial charge >= 0.3 is 6.03 Å². The van der Waals surface area contributed by atoms with Gasteiger partial charge < -0.3 is 4.52 Å². The molecule has 0 unspecified atom stereocenters. The molecule has 7 nitrogen and oxygen atoms in total. The fourth-order valence-corrected chi connectivity index (χ4v) is 2.33. The van der Waals surface area contributed by atoms with Crippen molar-refractivity contribution in [1.82, 2.24) is 15.4 Å². The number of imide groups is 2. The maximum Gasteiger partial charge on any atom is 0.331 e. The van der Waals surface area contributed by atoms with Gasteiger partial charge in [-0.25, -0.2) is 4.79 Å². The van der Waals surface area contributed by atoms with Crippen LogP contribution in [0, 0.1) is 19.3 Å². The minimum absolute atomic E-state index is 0.0842. The number of urea groups is 1. The molecule has 1 N–H and O–H groups in total. The molecule has 1 aromatic rings. The molecular formula is C12H13N3O4. The third-order valence-corrected chi connectivity index (χ3v) is 3.80. The van der Waals surface area contributed by atoms with Crippen LogP contribution >= 0.6 is 0 Å². The standard InChI is InChI=1S/C12H13N3O4/c1-6-8(7(2)19-14-6)5-15-10(17)12(3-4-12)9(16)13-11(15)18/h3-5H2,1-2H3,(H,13,16,18). The summed E-state index contributed by atoms with van der Waals surface area (Å²) in [7, 11) is 0. The molecule has 0 atom stereocenters. The highest BCUT2D eigenvalue weighted by Gasteiger charge is 2.62. The second kappa shape index (κ2) is 3.66. The number of rotatable bonds is 2. The summed E-state index contributed by atoms with van der Waals surface area (Å²) in [6, 6.07) is -0.674. The number of carbonyl (C=O) groups is 3. The number of nitrogens with zero attached hydrogens (tertiary/aromatic N) is 2. The summed E-state index contributed by atoms with van der Waals surface area (Å²) in [5.74, 6) is -0.321. The van der Waals surface area contributed by atoms with Crippen molar-refractivity contribution in [3.63, 3.8) is 0 Å². The summed E-state index contributed by atoms with van der Waals surface area (Å²) in [5, 5.41) is 6.03. The largest absolute Gasteiger partial charge is 0.361 e. The molecular weight excluding hydrogens is 250 g/mol. The average Bonchev–Trinajstić information content (AvgIpc) is 3.10. The molecule has 1 saturated heterocycles. The first kappa shape index (κ1) is 11.9. The number of hydrogen-bond acceptors (Lipinski definition) is 5. The molecule has 1 saturated carbocycles. The van der Waals surface area contributed by atoms with Crippen LogP contribution < -0.4 is 5.32 Å². The van der Waals surface area contributed by atoms with Crippen LogP contribution in [0.5, 0.6) is 0 Å². The zero-order valence-electron chi connectivity index (χ0n) is 10.6. The molecule has 2 heterocycles. The summed E-state index contributed by atoms with van der Waals surface area (Å²) in [5.41, 5.74) is 0.334. The van der Waals surface area contributed by atoms with Gasteiger partial charge in [-0.2, -0.15) is 0 Å². The van der Waals surface area contributed by atoms with Crippen LogP contribution in [0.3, 0.4) is 0 Å². The Morgan fingerprint density at radius 2 is 2.00 bits per heavy atom. The van der Waals surface area contributed by atoms with E-state index in [1.165, 1.54) is 0 Å². The van der Waals surface area contributed by atoms with Gasteiger partial charge in [0.05, 0.1) is 12.2 Å². The Morgan fingerprint density at radius 3 is 2.53 bits per heavy atom. The molecule has 2 fully saturated rings. The van der Waals surface area contributed by atoms with E-state index in [1.54, 1.807) is 13.8 Å². The third-order valence-electron chi connectivity index (χ3n) is 3.80. The first-order valence-corrected chi connectivity index (χ1v) is 6.05. The Balaban J connectivity index is 1.90. The number of hydrogen-bond donors (Lipinski definition) is 1. The molecule has 19 heavy (non-hydrogen) atoms. The Kier molecular flexibility index (Phi) is 2.29. The first-order chi connectivity index (χ1) is 8.95. The molecule has 3 rings (SSSR count). The monoisotopic (exact) mass is 263 g/mol. The van der Waals surface area contributed by atoms with Crippen molar-refractivity contribution in [2.45, 2.75) is 33.2 Å². The van der Waals surface area contributed by atoms with Crippen molar-refractivity contribution in [3.8, 4) is 0 Å². The molecule has 4 amide bonds. The van der Waals surface area contributed by atoms with E-state index in [9.17, 15) is 14.4 Å². The van der Waals surface area contributed by atoms with E-state index in [1.807, 2.05) is 0 Å². The molecule has 1 aliphatic heterocycles. The van der Waals surface area contributed by atoms with Gasteiger partial charge in [-0.15, -0.1) is 0 Å². The van der Waals surface area contributed by atoms with Crippen LogP contribution in [-0.4, -0.2) is 27.9 Å². The van der Waals surface area contributed by atoms with Gasteiger partial charge in [-0.1, -0.05) is 5.16 Å². The van der Waals surface area contributed by atoms with Crippen molar-refractivity contribution in [2.75, 3.05) is 0 Å². The van der Waals surface area contributed by atoms with Crippen LogP contribution in [0.2, 0.25) is 0 Å². The van der Waals surface area contributed by atoms with E-state index >= 15 is 0 Å². The van der Waals surface area contributed by atoms with Gasteiger partial charge in [-0.05, 0) is 26.7 Å². The van der Waals surface area contributed by atoms with Crippen molar-refractivity contribution in [1.29, 1.82) is 0 Å². The number of barbiturate groups is 1. The highest BCUT2D eigenvalue weighted by molar-refractivity contribution is 6.20. The van der Waals surface area contributed by atoms with Gasteiger partial charge in [0.1, 0.15) is 11.2 Å². The lowest BCUT2D eigenvalue weighted by atomic mass is 10.0. The fraction of sp³-hybridized carbons (Fsp3) is 0.500. The lowest BCUT2D eigenvalue weighted by molar-refractivity contribution is -0.145. The second-order valence-corrected chi connectivity index (χ2v) is 5.04. The molecule has 1 aliphatic carbocycles. The third kappa shape index (κ3) is 1.57. The smallest absolute Gasteiger partial charge is 0.331 e. The van der Waals surface area contributed by atoms with Gasteiger partial charge in [0, 0.05) is 5.56 Å². The summed E-state index contributed by atoms with van der Waals surface area (Å²) < 4.78 is 5.01. The van der Waals surface area contributed by atoms with Crippen LogP contribution in [0.25, 0.3) is 0 Å². The Labute approximate surface area is 108 Å². The summed E-state index contributed by atoms with van der Waals surface area (Å²) >= 11 is 0. The van der Waals surface area contributed by atoms with Crippen LogP contribution in [0.1, 0.15) is 29.9 Å². The van der Waals surface area contributed by atoms with Gasteiger partial charge in [0.25, 0.3) is 0 Å². The number of carbonyl (C=O) groups excluding carboxylic acids is 3. The number of nitrogens with one attached hydrogen (secondary N) is 1. The molecule has 0 radical (unpaired) electrons. The minimum Gasteiger partial charge on any atom is -0.361 e. The van der Waals surface area contributed by atoms with E-state index in [-0.39, 0.29) is 6.54 Å². The molecule has 0 bridgehead atoms. The van der Waals surface area contributed by atoms with Crippen LogP contribution in [0.4, 0.5) is 4.79 Å². The van der Waals surface area contributed by atoms with Gasteiger partial charge in [0.15, 0.2) is 0 Å². The SMILES string of the molecule is Cc1noc(C)c1CN1C(=O)NC(=O)C2(CC2)C1=O. The zero-order valence-corrected chi connectivity index (χ0v) is 10.6. The number of amides is 4. The number of aryl methyl sites for hydroxylation is 2. The quantitative estimate of drug-likeness (QED) is 0.791. The minimum atomic E-state index is -1.01. The molecule has 1 spiro atoms. The lowest BCUT2D eigenvalue weighted by Crippen LogP contribution is -2.58. The molecule has 2 aliphatic rings. The van der Waals surface area contributed by atoms with E-state index in [2.05, 4.69) is 10.5 Å². The van der Waals surface area contributed by atoms with Crippen LogP contribution in [-0.2, 0) is 16.1 Å². The second-order valence-electron chi connectivity index (χ2n) is 5.04. The van der Waals surface area contributed by atoms with E-state index in [0.29, 0.717) is 29.9 Å². The lowest BCUT2D eigenvalue weighted by Gasteiger charge is -2.30. The average molecular weight is 263 g/mol. The number of aromatic nitrogens is 1. The summed E-state index contributed by atoms with van der Waals surface area (Å²) in [6.07, 6.45) is 1.01. The van der Waals surface area contributed by atoms with Crippen molar-refractivity contribution in [3.05, 3.63) is 17.0 Å². The highest BCUT2D eigenvalue weighted by Crippen LogP contribution is 2.49. The predicted octanol–water partition coefficient (Wildman–Crippen LogP) is 0.650. The zero-order chi connectivity index (χ0) is 13.8. The molecule has 0 aromatic carbocycles. The Bertz CT molecular complexity index is 581. The van der Waals surface area contributed by atoms with Gasteiger partial charge in [-0.3, -0.25) is 19.8 Å². The highest BCUT2D eigenvalue weighted by atomic mass is 16.5. The van der Waals surface area contributed by atoms with Crippen LogP contribution in [0.15, 0.2) is 4.52 Å². The van der Waals surface area contributed by atoms with Crippen molar-refractivity contribution >= 4 is 17.8 Å². The Morgan fingerprint density at radius 1 is 1.32 bits per heavy atom. The maximum absolute atomic E-state index is 12.3. The van der Waals surface area contributed by atoms with E-state index in [4.69, 9.17) is 4.52 Å². The van der Waals surface area contributed by atoms with Crippen molar-refractivity contribution in [2.24, 2.45) is 5.41 Å². The maximum atomic E-state index is 12.3. The summed E-state index contributed by atoms with van der Waals surface area (Å²) in [6.45, 7) is 3.55. The summed E-state index contributed by atoms with van der Waals surface area (Å²) in [4.78, 5) is 36.8. The normalized spacial score (nSPS) is 20.9. The van der Waals surface area contributed by atoms with Crippen molar-refractivity contribution < 1.29 is 18.9 Å². The van der Waals surface area contributed by atoms with Gasteiger partial charge in [0.2, 0.25) is 11.8 Å². The molecule has 7 heteroatoms. The molecule has 1 aromatic heterocycles. The van der Waals surface area contributed by atoms with E-state index in [0.717, 1.165) is 4.90 Å². The first-order valence-electron chi connectivity index (χ1n) is 6.05. The predicted molar refractivity (Wildman–Crippen MR) is 61.7 cm³/mol. The van der Waals surface area contributed by atoms with E-state index < -0.39 is 23.3 Å². The Hall–Kier alpha value is -2.18. The molecule has 100 valence electrons. The fourth-order valence-electron chi connectivity index (χ4n) is 2.33. The topological polar surface area (TPSA) is 92.5 Å².